The molecule has 0 spiro atoms. The second kappa shape index (κ2) is 3.90. The molecule has 0 aliphatic carbocycles. The molecule has 0 unspecified atom stereocenters. The first-order valence-corrected chi connectivity index (χ1v) is 4.43. The van der Waals surface area contributed by atoms with Crippen LogP contribution in [-0.2, 0) is 5.41 Å². The Morgan fingerprint density at radius 1 is 1.27 bits per heavy atom. The minimum absolute atomic E-state index is 0.106. The number of terminal acetylenes is 1. The Kier molecular flexibility index (Phi) is 2.99. The molecule has 0 N–H and O–H groups in total. The fraction of sp³-hybridized carbons (Fsp3) is 0.333. The summed E-state index contributed by atoms with van der Waals surface area (Å²) in [7, 11) is 1.35. The molecule has 0 aliphatic heterocycles. The summed E-state index contributed by atoms with van der Waals surface area (Å²) in [4.78, 5) is 0. The SMILES string of the molecule is C#CC(C)(C)c1c(F)cc(OC)cc1F. The molecule has 0 fully saturated rings. The number of methoxy groups -OCH3 is 1. The molecule has 80 valence electrons. The Balaban J connectivity index is 3.40. The van der Waals surface area contributed by atoms with Crippen LogP contribution in [0.1, 0.15) is 19.4 Å². The molecule has 0 radical (unpaired) electrons. The smallest absolute Gasteiger partial charge is 0.134 e. The van der Waals surface area contributed by atoms with Gasteiger partial charge in [-0.05, 0) is 13.8 Å². The number of rotatable bonds is 2. The number of benzene rings is 1. The lowest BCUT2D eigenvalue weighted by Crippen LogP contribution is -2.18. The number of hydrogen-bond acceptors (Lipinski definition) is 1. The zero-order chi connectivity index (χ0) is 11.6. The van der Waals surface area contributed by atoms with Crippen LogP contribution in [0.3, 0.4) is 0 Å². The van der Waals surface area contributed by atoms with Crippen LogP contribution in [0.25, 0.3) is 0 Å². The van der Waals surface area contributed by atoms with Crippen LogP contribution in [-0.4, -0.2) is 7.11 Å². The van der Waals surface area contributed by atoms with E-state index in [1.165, 1.54) is 7.11 Å². The highest BCUT2D eigenvalue weighted by molar-refractivity contribution is 5.39. The predicted octanol–water partition coefficient (Wildman–Crippen LogP) is 2.88. The Morgan fingerprint density at radius 3 is 2.07 bits per heavy atom. The van der Waals surface area contributed by atoms with E-state index < -0.39 is 17.0 Å². The molecule has 0 atom stereocenters. The number of hydrogen-bond donors (Lipinski definition) is 0. The molecule has 0 aliphatic rings. The van der Waals surface area contributed by atoms with Crippen LogP contribution in [0.2, 0.25) is 0 Å². The van der Waals surface area contributed by atoms with Gasteiger partial charge in [0.25, 0.3) is 0 Å². The van der Waals surface area contributed by atoms with Gasteiger partial charge in [-0.3, -0.25) is 0 Å². The van der Waals surface area contributed by atoms with Crippen LogP contribution in [0, 0.1) is 24.0 Å². The van der Waals surface area contributed by atoms with Gasteiger partial charge in [-0.2, -0.15) is 0 Å². The first-order valence-electron chi connectivity index (χ1n) is 4.43. The van der Waals surface area contributed by atoms with Gasteiger partial charge in [-0.1, -0.05) is 5.92 Å². The van der Waals surface area contributed by atoms with E-state index in [1.54, 1.807) is 13.8 Å². The normalized spacial score (nSPS) is 10.9. The monoisotopic (exact) mass is 210 g/mol. The molecule has 0 saturated heterocycles. The number of ether oxygens (including phenoxy) is 1. The highest BCUT2D eigenvalue weighted by Crippen LogP contribution is 2.30. The molecule has 15 heavy (non-hydrogen) atoms. The maximum absolute atomic E-state index is 13.6. The third-order valence-electron chi connectivity index (χ3n) is 2.24. The van der Waals surface area contributed by atoms with Crippen LogP contribution < -0.4 is 4.74 Å². The first kappa shape index (κ1) is 11.5. The van der Waals surface area contributed by atoms with Crippen LogP contribution in [0.15, 0.2) is 12.1 Å². The highest BCUT2D eigenvalue weighted by Gasteiger charge is 2.26. The molecule has 1 aromatic carbocycles. The average molecular weight is 210 g/mol. The lowest BCUT2D eigenvalue weighted by atomic mass is 9.85. The zero-order valence-electron chi connectivity index (χ0n) is 8.90. The van der Waals surface area contributed by atoms with Crippen molar-refractivity contribution >= 4 is 0 Å². The predicted molar refractivity (Wildman–Crippen MR) is 54.8 cm³/mol. The fourth-order valence-electron chi connectivity index (χ4n) is 1.34. The van der Waals surface area contributed by atoms with Gasteiger partial charge in [0.2, 0.25) is 0 Å². The van der Waals surface area contributed by atoms with Crippen LogP contribution in [0.4, 0.5) is 8.78 Å². The molecular formula is C12H12F2O. The van der Waals surface area contributed by atoms with Crippen molar-refractivity contribution in [1.82, 2.24) is 0 Å². The molecule has 0 aromatic heterocycles. The first-order chi connectivity index (χ1) is 6.92. The lowest BCUT2D eigenvalue weighted by Gasteiger charge is -2.20. The van der Waals surface area contributed by atoms with E-state index in [9.17, 15) is 8.78 Å². The summed E-state index contributed by atoms with van der Waals surface area (Å²) < 4.78 is 31.9. The van der Waals surface area contributed by atoms with Gasteiger partial charge in [-0.25, -0.2) is 8.78 Å². The lowest BCUT2D eigenvalue weighted by molar-refractivity contribution is 0.402. The third kappa shape index (κ3) is 2.10. The summed E-state index contributed by atoms with van der Waals surface area (Å²) in [6, 6.07) is 2.25. The zero-order valence-corrected chi connectivity index (χ0v) is 8.90. The highest BCUT2D eigenvalue weighted by atomic mass is 19.1. The minimum atomic E-state index is -0.972. The largest absolute Gasteiger partial charge is 0.497 e. The summed E-state index contributed by atoms with van der Waals surface area (Å²) in [5, 5.41) is 0. The molecule has 0 amide bonds. The van der Waals surface area contributed by atoms with E-state index in [0.29, 0.717) is 0 Å². The third-order valence-corrected chi connectivity index (χ3v) is 2.24. The van der Waals surface area contributed by atoms with Crippen LogP contribution >= 0.6 is 0 Å². The van der Waals surface area contributed by atoms with Crippen molar-refractivity contribution in [3.05, 3.63) is 29.3 Å². The van der Waals surface area contributed by atoms with Gasteiger partial charge < -0.3 is 4.74 Å². The van der Waals surface area contributed by atoms with Crippen molar-refractivity contribution < 1.29 is 13.5 Å². The van der Waals surface area contributed by atoms with E-state index in [-0.39, 0.29) is 11.3 Å². The molecule has 3 heteroatoms. The molecule has 0 heterocycles. The Bertz CT molecular complexity index is 393. The molecule has 0 bridgehead atoms. The van der Waals surface area contributed by atoms with Gasteiger partial charge in [0, 0.05) is 17.7 Å². The summed E-state index contributed by atoms with van der Waals surface area (Å²) in [5.74, 6) is 1.13. The Labute approximate surface area is 88.1 Å². The Hall–Kier alpha value is -1.56. The van der Waals surface area contributed by atoms with Crippen molar-refractivity contribution in [3.8, 4) is 18.1 Å². The topological polar surface area (TPSA) is 9.23 Å². The average Bonchev–Trinajstić information content (AvgIpc) is 2.16. The van der Waals surface area contributed by atoms with E-state index in [1.807, 2.05) is 0 Å². The van der Waals surface area contributed by atoms with Gasteiger partial charge in [0.1, 0.15) is 17.4 Å². The van der Waals surface area contributed by atoms with E-state index in [4.69, 9.17) is 11.2 Å². The van der Waals surface area contributed by atoms with E-state index >= 15 is 0 Å². The second-order valence-corrected chi connectivity index (χ2v) is 3.74. The fourth-order valence-corrected chi connectivity index (χ4v) is 1.34. The summed E-state index contributed by atoms with van der Waals surface area (Å²) in [5.41, 5.74) is -1.08. The second-order valence-electron chi connectivity index (χ2n) is 3.74. The summed E-state index contributed by atoms with van der Waals surface area (Å²) in [6.45, 7) is 3.17. The van der Waals surface area contributed by atoms with Gasteiger partial charge in [0.05, 0.1) is 12.5 Å². The van der Waals surface area contributed by atoms with Crippen molar-refractivity contribution in [1.29, 1.82) is 0 Å². The van der Waals surface area contributed by atoms with Crippen LogP contribution in [0.5, 0.6) is 5.75 Å². The molecular weight excluding hydrogens is 198 g/mol. The standard InChI is InChI=1S/C12H12F2O/c1-5-12(2,3)11-9(13)6-8(15-4)7-10(11)14/h1,6-7H,2-4H3. The van der Waals surface area contributed by atoms with Gasteiger partial charge in [0.15, 0.2) is 0 Å². The molecule has 1 aromatic rings. The quantitative estimate of drug-likeness (QED) is 0.682. The van der Waals surface area contributed by atoms with Crippen molar-refractivity contribution in [2.45, 2.75) is 19.3 Å². The van der Waals surface area contributed by atoms with Gasteiger partial charge in [-0.15, -0.1) is 6.42 Å². The maximum atomic E-state index is 13.6. The maximum Gasteiger partial charge on any atom is 0.134 e. The molecule has 1 rings (SSSR count). The molecule has 1 nitrogen and oxygen atoms in total. The van der Waals surface area contributed by atoms with E-state index in [2.05, 4.69) is 5.92 Å². The number of halogens is 2. The van der Waals surface area contributed by atoms with Crippen molar-refractivity contribution in [3.63, 3.8) is 0 Å². The Morgan fingerprint density at radius 2 is 1.73 bits per heavy atom. The van der Waals surface area contributed by atoms with E-state index in [0.717, 1.165) is 12.1 Å². The van der Waals surface area contributed by atoms with Crippen molar-refractivity contribution in [2.75, 3.05) is 7.11 Å². The summed E-state index contributed by atoms with van der Waals surface area (Å²) >= 11 is 0. The molecule has 0 saturated carbocycles. The van der Waals surface area contributed by atoms with Gasteiger partial charge >= 0.3 is 0 Å². The minimum Gasteiger partial charge on any atom is -0.497 e. The summed E-state index contributed by atoms with van der Waals surface area (Å²) in [6.07, 6.45) is 5.23. The van der Waals surface area contributed by atoms with Crippen molar-refractivity contribution in [2.24, 2.45) is 0 Å².